The number of hydrogen-bond donors (Lipinski definition) is 1. The molecule has 1 atom stereocenters. The average molecular weight is 473 g/mol. The predicted octanol–water partition coefficient (Wildman–Crippen LogP) is 4.40. The SMILES string of the molecule is CCC(Sc1nnc(CS(=O)(=O)c2ccccc2)n1CC)C(=O)Nc1ccc(C)cc1C. The molecular weight excluding hydrogens is 444 g/mol. The van der Waals surface area contributed by atoms with Gasteiger partial charge in [-0.15, -0.1) is 10.2 Å². The Hall–Kier alpha value is -2.65. The van der Waals surface area contributed by atoms with Gasteiger partial charge in [0.05, 0.1) is 10.1 Å². The van der Waals surface area contributed by atoms with Crippen molar-refractivity contribution in [3.05, 3.63) is 65.5 Å². The molecule has 170 valence electrons. The van der Waals surface area contributed by atoms with E-state index in [1.807, 2.05) is 45.9 Å². The lowest BCUT2D eigenvalue weighted by molar-refractivity contribution is -0.115. The lowest BCUT2D eigenvalue weighted by atomic mass is 10.1. The summed E-state index contributed by atoms with van der Waals surface area (Å²) in [5.74, 6) is 0.00121. The maximum atomic E-state index is 12.9. The number of nitrogens with zero attached hydrogens (tertiary/aromatic N) is 3. The number of carbonyl (C=O) groups is 1. The molecule has 1 N–H and O–H groups in total. The highest BCUT2D eigenvalue weighted by Gasteiger charge is 2.25. The Morgan fingerprint density at radius 3 is 2.44 bits per heavy atom. The van der Waals surface area contributed by atoms with E-state index in [4.69, 9.17) is 0 Å². The third-order valence-corrected chi connectivity index (χ3v) is 8.06. The highest BCUT2D eigenvalue weighted by atomic mass is 32.2. The highest BCUT2D eigenvalue weighted by molar-refractivity contribution is 8.00. The van der Waals surface area contributed by atoms with Gasteiger partial charge < -0.3 is 9.88 Å². The maximum Gasteiger partial charge on any atom is 0.237 e. The molecule has 9 heteroatoms. The van der Waals surface area contributed by atoms with Crippen LogP contribution in [0.2, 0.25) is 0 Å². The Kier molecular flexibility index (Phi) is 7.73. The van der Waals surface area contributed by atoms with Gasteiger partial charge in [-0.05, 0) is 51.0 Å². The monoisotopic (exact) mass is 472 g/mol. The van der Waals surface area contributed by atoms with Crippen molar-refractivity contribution in [1.82, 2.24) is 14.8 Å². The number of amides is 1. The number of benzene rings is 2. The second-order valence-electron chi connectivity index (χ2n) is 7.54. The zero-order chi connectivity index (χ0) is 23.3. The first-order chi connectivity index (χ1) is 15.2. The Labute approximate surface area is 193 Å². The minimum absolute atomic E-state index is 0.117. The molecule has 3 aromatic rings. The van der Waals surface area contributed by atoms with E-state index in [-0.39, 0.29) is 21.8 Å². The first-order valence-corrected chi connectivity index (χ1v) is 13.0. The van der Waals surface area contributed by atoms with E-state index in [1.165, 1.54) is 11.8 Å². The van der Waals surface area contributed by atoms with Crippen molar-refractivity contribution in [2.24, 2.45) is 0 Å². The van der Waals surface area contributed by atoms with Crippen LogP contribution in [0.4, 0.5) is 5.69 Å². The molecule has 0 aliphatic heterocycles. The molecule has 1 unspecified atom stereocenters. The van der Waals surface area contributed by atoms with Crippen LogP contribution in [0.5, 0.6) is 0 Å². The minimum Gasteiger partial charge on any atom is -0.325 e. The summed E-state index contributed by atoms with van der Waals surface area (Å²) in [4.78, 5) is 13.2. The second kappa shape index (κ2) is 10.3. The van der Waals surface area contributed by atoms with Gasteiger partial charge in [0.1, 0.15) is 11.6 Å². The van der Waals surface area contributed by atoms with Gasteiger partial charge in [0.15, 0.2) is 15.0 Å². The molecule has 0 spiro atoms. The number of sulfone groups is 1. The van der Waals surface area contributed by atoms with E-state index < -0.39 is 9.84 Å². The zero-order valence-electron chi connectivity index (χ0n) is 18.7. The van der Waals surface area contributed by atoms with Crippen LogP contribution in [0.15, 0.2) is 58.6 Å². The van der Waals surface area contributed by atoms with Gasteiger partial charge >= 0.3 is 0 Å². The normalized spacial score (nSPS) is 12.5. The number of anilines is 1. The number of hydrogen-bond acceptors (Lipinski definition) is 6. The molecule has 7 nitrogen and oxygen atoms in total. The van der Waals surface area contributed by atoms with Crippen LogP contribution >= 0.6 is 11.8 Å². The number of aromatic nitrogens is 3. The van der Waals surface area contributed by atoms with E-state index in [9.17, 15) is 13.2 Å². The topological polar surface area (TPSA) is 93.9 Å². The number of nitrogens with one attached hydrogen (secondary N) is 1. The van der Waals surface area contributed by atoms with Crippen LogP contribution in [0.1, 0.15) is 37.2 Å². The van der Waals surface area contributed by atoms with Crippen molar-refractivity contribution < 1.29 is 13.2 Å². The van der Waals surface area contributed by atoms with E-state index in [1.54, 1.807) is 34.9 Å². The van der Waals surface area contributed by atoms with Gasteiger partial charge in [-0.2, -0.15) is 0 Å². The van der Waals surface area contributed by atoms with Crippen LogP contribution < -0.4 is 5.32 Å². The lowest BCUT2D eigenvalue weighted by Gasteiger charge is -2.16. The fourth-order valence-corrected chi connectivity index (χ4v) is 5.66. The maximum absolute atomic E-state index is 12.9. The molecule has 1 heterocycles. The molecule has 0 fully saturated rings. The molecule has 0 saturated heterocycles. The molecule has 2 aromatic carbocycles. The quantitative estimate of drug-likeness (QED) is 0.464. The van der Waals surface area contributed by atoms with Crippen LogP contribution in [0.3, 0.4) is 0 Å². The number of thioether (sulfide) groups is 1. The third-order valence-electron chi connectivity index (χ3n) is 5.08. The highest BCUT2D eigenvalue weighted by Crippen LogP contribution is 2.27. The lowest BCUT2D eigenvalue weighted by Crippen LogP contribution is -2.25. The number of aryl methyl sites for hydroxylation is 2. The van der Waals surface area contributed by atoms with Crippen LogP contribution in [0.25, 0.3) is 0 Å². The molecule has 32 heavy (non-hydrogen) atoms. The zero-order valence-corrected chi connectivity index (χ0v) is 20.3. The number of carbonyl (C=O) groups excluding carboxylic acids is 1. The summed E-state index contributed by atoms with van der Waals surface area (Å²) in [5, 5.41) is 11.5. The first-order valence-electron chi connectivity index (χ1n) is 10.5. The van der Waals surface area contributed by atoms with E-state index >= 15 is 0 Å². The third kappa shape index (κ3) is 5.58. The summed E-state index contributed by atoms with van der Waals surface area (Å²) in [6, 6.07) is 14.2. The first kappa shape index (κ1) is 24.0. The Bertz CT molecular complexity index is 1190. The average Bonchev–Trinajstić information content (AvgIpc) is 3.14. The van der Waals surface area contributed by atoms with E-state index in [0.717, 1.165) is 16.8 Å². The van der Waals surface area contributed by atoms with Crippen LogP contribution in [0, 0.1) is 13.8 Å². The molecule has 0 bridgehead atoms. The van der Waals surface area contributed by atoms with E-state index in [0.29, 0.717) is 23.9 Å². The molecule has 0 radical (unpaired) electrons. The van der Waals surface area contributed by atoms with Crippen LogP contribution in [-0.2, 0) is 26.9 Å². The standard InChI is InChI=1S/C23H28N4O3S2/c1-5-20(22(28)24-19-13-12-16(3)14-17(19)4)31-23-26-25-21(27(23)6-2)15-32(29,30)18-10-8-7-9-11-18/h7-14,20H,5-6,15H2,1-4H3,(H,24,28). The summed E-state index contributed by atoms with van der Waals surface area (Å²) in [6.45, 7) is 8.32. The van der Waals surface area contributed by atoms with Crippen molar-refractivity contribution in [3.8, 4) is 0 Å². The second-order valence-corrected chi connectivity index (χ2v) is 10.7. The largest absolute Gasteiger partial charge is 0.325 e. The van der Waals surface area contributed by atoms with Gasteiger partial charge in [0, 0.05) is 12.2 Å². The molecule has 3 rings (SSSR count). The Morgan fingerprint density at radius 2 is 1.81 bits per heavy atom. The van der Waals surface area contributed by atoms with Gasteiger partial charge in [-0.1, -0.05) is 54.6 Å². The van der Waals surface area contributed by atoms with Crippen molar-refractivity contribution in [2.45, 2.75) is 61.7 Å². The summed E-state index contributed by atoms with van der Waals surface area (Å²) >= 11 is 1.30. The van der Waals surface area contributed by atoms with E-state index in [2.05, 4.69) is 15.5 Å². The number of rotatable bonds is 9. The molecule has 0 aliphatic rings. The van der Waals surface area contributed by atoms with Crippen LogP contribution in [-0.4, -0.2) is 34.3 Å². The Morgan fingerprint density at radius 1 is 1.09 bits per heavy atom. The molecule has 0 aliphatic carbocycles. The smallest absolute Gasteiger partial charge is 0.237 e. The fraction of sp³-hybridized carbons (Fsp3) is 0.348. The van der Waals surface area contributed by atoms with Crippen molar-refractivity contribution in [2.75, 3.05) is 5.32 Å². The fourth-order valence-electron chi connectivity index (χ4n) is 3.33. The Balaban J connectivity index is 1.77. The predicted molar refractivity (Wildman–Crippen MR) is 128 cm³/mol. The summed E-state index contributed by atoms with van der Waals surface area (Å²) in [5.41, 5.74) is 2.92. The van der Waals surface area contributed by atoms with Crippen molar-refractivity contribution in [3.63, 3.8) is 0 Å². The van der Waals surface area contributed by atoms with Crippen molar-refractivity contribution >= 4 is 33.2 Å². The summed E-state index contributed by atoms with van der Waals surface area (Å²) in [7, 11) is -3.54. The molecule has 1 amide bonds. The van der Waals surface area contributed by atoms with Crippen molar-refractivity contribution in [1.29, 1.82) is 0 Å². The molecule has 0 saturated carbocycles. The molecule has 1 aromatic heterocycles. The van der Waals surface area contributed by atoms with Gasteiger partial charge in [-0.3, -0.25) is 4.79 Å². The molecular formula is C23H28N4O3S2. The summed E-state index contributed by atoms with van der Waals surface area (Å²) < 4.78 is 27.3. The minimum atomic E-state index is -3.54. The van der Waals surface area contributed by atoms with Gasteiger partial charge in [0.25, 0.3) is 0 Å². The summed E-state index contributed by atoms with van der Waals surface area (Å²) in [6.07, 6.45) is 0.593. The van der Waals surface area contributed by atoms with Gasteiger partial charge in [-0.25, -0.2) is 8.42 Å². The van der Waals surface area contributed by atoms with Gasteiger partial charge in [0.2, 0.25) is 5.91 Å².